The van der Waals surface area contributed by atoms with Crippen LogP contribution >= 0.6 is 0 Å². The van der Waals surface area contributed by atoms with Gasteiger partial charge >= 0.3 is 5.95 Å². The highest BCUT2D eigenvalue weighted by Gasteiger charge is 2.13. The number of nitrogen functional groups attached to an aromatic ring is 1. The first-order valence-electron chi connectivity index (χ1n) is 3.96. The minimum absolute atomic E-state index is 0.294. The molecule has 68 valence electrons. The van der Waals surface area contributed by atoms with Gasteiger partial charge in [-0.1, -0.05) is 0 Å². The Morgan fingerprint density at radius 2 is 2.54 bits per heavy atom. The molecule has 2 aromatic rings. The summed E-state index contributed by atoms with van der Waals surface area (Å²) < 4.78 is 5.31. The number of aromatic amines is 2. The quantitative estimate of drug-likeness (QED) is 0.666. The Hall–Kier alpha value is -1.85. The van der Waals surface area contributed by atoms with E-state index in [1.54, 1.807) is 6.33 Å². The van der Waals surface area contributed by atoms with Gasteiger partial charge in [-0.05, 0) is 11.9 Å². The van der Waals surface area contributed by atoms with Crippen molar-refractivity contribution in [2.24, 2.45) is 0 Å². The van der Waals surface area contributed by atoms with Crippen LogP contribution in [0.4, 0.5) is 5.95 Å². The van der Waals surface area contributed by atoms with E-state index in [0.29, 0.717) is 24.1 Å². The van der Waals surface area contributed by atoms with Crippen molar-refractivity contribution in [3.05, 3.63) is 6.33 Å². The smallest absolute Gasteiger partial charge is 0.392 e. The van der Waals surface area contributed by atoms with Crippen molar-refractivity contribution in [1.82, 2.24) is 15.0 Å². The summed E-state index contributed by atoms with van der Waals surface area (Å²) in [7, 11) is 0. The van der Waals surface area contributed by atoms with Gasteiger partial charge in [-0.15, -0.1) is 0 Å². The topological polar surface area (TPSA) is 91.0 Å². The number of hydrogen-bond acceptors (Lipinski definition) is 4. The monoisotopic (exact) mass is 180 g/mol. The van der Waals surface area contributed by atoms with Gasteiger partial charge in [0.25, 0.3) is 11.5 Å². The summed E-state index contributed by atoms with van der Waals surface area (Å²) in [6.07, 6.45) is 1.55. The lowest BCUT2D eigenvalue weighted by Gasteiger charge is -1.98. The van der Waals surface area contributed by atoms with E-state index < -0.39 is 0 Å². The lowest BCUT2D eigenvalue weighted by atomic mass is 10.5. The maximum Gasteiger partial charge on any atom is 0.392 e. The molecule has 4 N–H and O–H groups in total. The third-order valence-corrected chi connectivity index (χ3v) is 1.60. The van der Waals surface area contributed by atoms with Crippen LogP contribution in [0.2, 0.25) is 0 Å². The van der Waals surface area contributed by atoms with Crippen LogP contribution in [0, 0.1) is 0 Å². The van der Waals surface area contributed by atoms with Gasteiger partial charge in [-0.3, -0.25) is 5.73 Å². The molecule has 2 aromatic heterocycles. The second-order valence-corrected chi connectivity index (χ2v) is 2.49. The van der Waals surface area contributed by atoms with Gasteiger partial charge in [0.1, 0.15) is 0 Å². The van der Waals surface area contributed by atoms with Gasteiger partial charge in [0.15, 0.2) is 5.52 Å². The van der Waals surface area contributed by atoms with Crippen molar-refractivity contribution in [1.29, 1.82) is 0 Å². The number of H-pyrrole nitrogens is 2. The fourth-order valence-corrected chi connectivity index (χ4v) is 1.11. The number of nitrogens with two attached hydrogens (primary N) is 1. The number of anilines is 1. The van der Waals surface area contributed by atoms with Crippen molar-refractivity contribution in [2.45, 2.75) is 6.92 Å². The number of fused-ring (bicyclic) bond motifs is 1. The summed E-state index contributed by atoms with van der Waals surface area (Å²) in [5.41, 5.74) is 6.80. The lowest BCUT2D eigenvalue weighted by Crippen LogP contribution is -2.17. The Morgan fingerprint density at radius 1 is 1.69 bits per heavy atom. The molecule has 0 atom stereocenters. The van der Waals surface area contributed by atoms with Gasteiger partial charge in [0.2, 0.25) is 0 Å². The Labute approximate surface area is 74.2 Å². The second kappa shape index (κ2) is 2.89. The Kier molecular flexibility index (Phi) is 1.73. The average molecular weight is 180 g/mol. The second-order valence-electron chi connectivity index (χ2n) is 2.49. The lowest BCUT2D eigenvalue weighted by molar-refractivity contribution is -0.379. The van der Waals surface area contributed by atoms with Crippen LogP contribution in [-0.2, 0) is 0 Å². The standard InChI is InChI=1S/C7H9N5O/c1-2-13-6-4-5(10-3-9-4)11-7(8)12-6/h3H,2H2,1H3,(H3,8,9,10,11,12)/p+1. The van der Waals surface area contributed by atoms with Gasteiger partial charge < -0.3 is 9.72 Å². The normalized spacial score (nSPS) is 10.5. The molecule has 2 heterocycles. The molecule has 0 saturated heterocycles. The molecular formula is C7H10N5O+. The predicted octanol–water partition coefficient (Wildman–Crippen LogP) is -0.247. The molecule has 13 heavy (non-hydrogen) atoms. The van der Waals surface area contributed by atoms with Crippen molar-refractivity contribution in [3.8, 4) is 5.88 Å². The first kappa shape index (κ1) is 7.78. The number of ether oxygens (including phenoxy) is 1. The van der Waals surface area contributed by atoms with Gasteiger partial charge in [0.05, 0.1) is 12.9 Å². The highest BCUT2D eigenvalue weighted by Crippen LogP contribution is 2.15. The van der Waals surface area contributed by atoms with Crippen molar-refractivity contribution in [3.63, 3.8) is 0 Å². The minimum Gasteiger partial charge on any atom is -0.467 e. The summed E-state index contributed by atoms with van der Waals surface area (Å²) in [6.45, 7) is 2.46. The number of imidazole rings is 1. The molecule has 0 radical (unpaired) electrons. The zero-order valence-corrected chi connectivity index (χ0v) is 7.16. The van der Waals surface area contributed by atoms with E-state index in [-0.39, 0.29) is 0 Å². The van der Waals surface area contributed by atoms with Crippen LogP contribution in [0.3, 0.4) is 0 Å². The van der Waals surface area contributed by atoms with Crippen molar-refractivity contribution in [2.75, 3.05) is 12.3 Å². The number of nitrogens with zero attached hydrogens (tertiary/aromatic N) is 2. The number of hydrogen-bond donors (Lipinski definition) is 2. The van der Waals surface area contributed by atoms with Crippen LogP contribution in [0.5, 0.6) is 5.88 Å². The van der Waals surface area contributed by atoms with Gasteiger partial charge in [0, 0.05) is 0 Å². The van der Waals surface area contributed by atoms with Crippen LogP contribution in [-0.4, -0.2) is 21.6 Å². The molecule has 6 heteroatoms. The summed E-state index contributed by atoms with van der Waals surface area (Å²) in [4.78, 5) is 13.7. The number of nitrogens with one attached hydrogen (secondary N) is 2. The van der Waals surface area contributed by atoms with E-state index >= 15 is 0 Å². The van der Waals surface area contributed by atoms with Crippen LogP contribution in [0.25, 0.3) is 11.2 Å². The third kappa shape index (κ3) is 1.26. The largest absolute Gasteiger partial charge is 0.467 e. The van der Waals surface area contributed by atoms with E-state index in [4.69, 9.17) is 10.5 Å². The molecule has 0 amide bonds. The highest BCUT2D eigenvalue weighted by molar-refractivity contribution is 5.74. The Balaban J connectivity index is 2.63. The number of aromatic nitrogens is 4. The number of rotatable bonds is 2. The van der Waals surface area contributed by atoms with Crippen LogP contribution < -0.4 is 15.5 Å². The molecule has 0 fully saturated rings. The zero-order chi connectivity index (χ0) is 9.26. The summed E-state index contributed by atoms with van der Waals surface area (Å²) in [5.74, 6) is 0.866. The van der Waals surface area contributed by atoms with Crippen molar-refractivity contribution >= 4 is 17.1 Å². The molecule has 0 unspecified atom stereocenters. The van der Waals surface area contributed by atoms with Crippen LogP contribution in [0.1, 0.15) is 6.92 Å². The highest BCUT2D eigenvalue weighted by atomic mass is 16.5. The molecule has 0 aliphatic heterocycles. The Morgan fingerprint density at radius 3 is 3.31 bits per heavy atom. The summed E-state index contributed by atoms with van der Waals surface area (Å²) in [5, 5.41) is 0. The van der Waals surface area contributed by atoms with Crippen LogP contribution in [0.15, 0.2) is 6.33 Å². The molecule has 0 aromatic carbocycles. The maximum atomic E-state index is 5.51. The molecule has 0 spiro atoms. The van der Waals surface area contributed by atoms with E-state index in [2.05, 4.69) is 19.9 Å². The fraction of sp³-hybridized carbons (Fsp3) is 0.286. The molecule has 0 bridgehead atoms. The molecule has 0 aliphatic rings. The van der Waals surface area contributed by atoms with E-state index in [1.165, 1.54) is 0 Å². The average Bonchev–Trinajstić information content (AvgIpc) is 2.52. The molecular weight excluding hydrogens is 170 g/mol. The van der Waals surface area contributed by atoms with E-state index in [0.717, 1.165) is 5.52 Å². The molecule has 2 rings (SSSR count). The minimum atomic E-state index is 0.294. The van der Waals surface area contributed by atoms with Crippen molar-refractivity contribution < 1.29 is 9.72 Å². The molecule has 0 saturated carbocycles. The molecule has 6 nitrogen and oxygen atoms in total. The van der Waals surface area contributed by atoms with Gasteiger partial charge in [-0.25, -0.2) is 9.97 Å². The van der Waals surface area contributed by atoms with E-state index in [9.17, 15) is 0 Å². The first-order valence-corrected chi connectivity index (χ1v) is 3.96. The maximum absolute atomic E-state index is 5.51. The summed E-state index contributed by atoms with van der Waals surface area (Å²) in [6, 6.07) is 0. The third-order valence-electron chi connectivity index (χ3n) is 1.60. The first-order chi connectivity index (χ1) is 6.31. The molecule has 0 aliphatic carbocycles. The Bertz CT molecular complexity index is 424. The predicted molar refractivity (Wildman–Crippen MR) is 46.0 cm³/mol. The SMILES string of the molecule is CCOc1[nH+]c(N)nc2nc[nH]c12. The van der Waals surface area contributed by atoms with Gasteiger partial charge in [-0.2, -0.15) is 0 Å². The summed E-state index contributed by atoms with van der Waals surface area (Å²) >= 11 is 0. The van der Waals surface area contributed by atoms with E-state index in [1.807, 2.05) is 6.92 Å². The fourth-order valence-electron chi connectivity index (χ4n) is 1.11. The zero-order valence-electron chi connectivity index (χ0n) is 7.16.